The van der Waals surface area contributed by atoms with Crippen LogP contribution < -0.4 is 21.8 Å². The molecule has 39 heavy (non-hydrogen) atoms. The number of hydrogen-bond donors (Lipinski definition) is 4. The number of nitrogens with two attached hydrogens (primary N) is 2. The number of alkyl halides is 3. The minimum absolute atomic E-state index is 0.0252. The number of carbonyl (C=O) groups is 2. The van der Waals surface area contributed by atoms with Crippen molar-refractivity contribution in [2.75, 3.05) is 23.7 Å². The van der Waals surface area contributed by atoms with Crippen LogP contribution in [0.1, 0.15) is 17.3 Å². The van der Waals surface area contributed by atoms with E-state index in [1.165, 1.54) is 0 Å². The fourth-order valence-corrected chi connectivity index (χ4v) is 4.21. The summed E-state index contributed by atoms with van der Waals surface area (Å²) in [6.07, 6.45) is -4.23. The second kappa shape index (κ2) is 10.6. The van der Waals surface area contributed by atoms with Crippen molar-refractivity contribution in [1.29, 1.82) is 0 Å². The monoisotopic (exact) mass is 580 g/mol. The third-order valence-electron chi connectivity index (χ3n) is 5.92. The van der Waals surface area contributed by atoms with Crippen LogP contribution in [0.3, 0.4) is 0 Å². The summed E-state index contributed by atoms with van der Waals surface area (Å²) in [5, 5.41) is 16.0. The number of nitrogens with zero attached hydrogens (tertiary/aromatic N) is 2. The lowest BCUT2D eigenvalue weighted by atomic mass is 9.92. The number of aromatic nitrogens is 1. The molecule has 1 aliphatic rings. The van der Waals surface area contributed by atoms with Crippen LogP contribution in [0, 0.1) is 23.4 Å². The van der Waals surface area contributed by atoms with Gasteiger partial charge in [0.05, 0.1) is 33.0 Å². The van der Waals surface area contributed by atoms with Crippen molar-refractivity contribution in [3.8, 4) is 5.69 Å². The van der Waals surface area contributed by atoms with Crippen LogP contribution in [0.4, 0.5) is 37.7 Å². The SMILES string of the molecule is CC(N)C1CN(c2c(F)cc3c(=O)c(C(=O)O)cn(-c4cc(N)c(F)cc4F)c3c2Cl)C1.O=C(O)C(F)(F)F. The molecule has 1 aromatic heterocycles. The van der Waals surface area contributed by atoms with Crippen molar-refractivity contribution in [3.63, 3.8) is 0 Å². The minimum atomic E-state index is -5.08. The summed E-state index contributed by atoms with van der Waals surface area (Å²) in [5.41, 5.74) is 8.78. The molecule has 3 aromatic rings. The number of aromatic carboxylic acids is 1. The first-order valence-electron chi connectivity index (χ1n) is 10.8. The third kappa shape index (κ3) is 5.73. The molecule has 6 N–H and O–H groups in total. The first-order valence-corrected chi connectivity index (χ1v) is 11.2. The highest BCUT2D eigenvalue weighted by molar-refractivity contribution is 6.38. The molecule has 1 saturated heterocycles. The molecule has 0 bridgehead atoms. The van der Waals surface area contributed by atoms with Gasteiger partial charge >= 0.3 is 18.1 Å². The Bertz CT molecular complexity index is 1540. The zero-order valence-electron chi connectivity index (χ0n) is 19.7. The molecule has 4 rings (SSSR count). The standard InChI is InChI=1S/C21H18ClF3N4O3.C2HF3O2/c1-8(26)9-5-28(6-9)19-14(25)2-10-18(17(19)22)29(7-11(20(10)30)21(31)32)16-4-15(27)12(23)3-13(16)24;3-2(4,5)1(6)7/h2-4,7-9H,5-6,26-27H2,1H3,(H,31,32);(H,6,7). The normalized spacial score (nSPS) is 14.4. The van der Waals surface area contributed by atoms with Crippen molar-refractivity contribution in [2.24, 2.45) is 11.7 Å². The molecule has 2 heterocycles. The average molecular weight is 581 g/mol. The zero-order valence-corrected chi connectivity index (χ0v) is 20.4. The van der Waals surface area contributed by atoms with Crippen LogP contribution in [-0.2, 0) is 4.79 Å². The van der Waals surface area contributed by atoms with E-state index < -0.39 is 52.2 Å². The minimum Gasteiger partial charge on any atom is -0.477 e. The molecule has 0 spiro atoms. The van der Waals surface area contributed by atoms with Crippen LogP contribution in [0.2, 0.25) is 5.02 Å². The van der Waals surface area contributed by atoms with Gasteiger partial charge in [0.15, 0.2) is 0 Å². The molecule has 210 valence electrons. The van der Waals surface area contributed by atoms with Gasteiger partial charge in [0, 0.05) is 37.3 Å². The lowest BCUT2D eigenvalue weighted by Gasteiger charge is -2.43. The maximum Gasteiger partial charge on any atom is 0.490 e. The number of aliphatic carboxylic acids is 1. The van der Waals surface area contributed by atoms with Gasteiger partial charge < -0.3 is 31.1 Å². The number of pyridine rings is 1. The highest BCUT2D eigenvalue weighted by atomic mass is 35.5. The Labute approximate surface area is 219 Å². The Hall–Kier alpha value is -3.98. The van der Waals surface area contributed by atoms with Crippen LogP contribution in [-0.4, -0.2) is 52.0 Å². The van der Waals surface area contributed by atoms with E-state index in [2.05, 4.69) is 0 Å². The van der Waals surface area contributed by atoms with Gasteiger partial charge in [0.1, 0.15) is 23.0 Å². The average Bonchev–Trinajstić information content (AvgIpc) is 2.77. The van der Waals surface area contributed by atoms with E-state index in [4.69, 9.17) is 33.0 Å². The quantitative estimate of drug-likeness (QED) is 0.269. The van der Waals surface area contributed by atoms with Crippen LogP contribution >= 0.6 is 11.6 Å². The topological polar surface area (TPSA) is 152 Å². The zero-order chi connectivity index (χ0) is 29.6. The molecule has 1 atom stereocenters. The molecule has 0 amide bonds. The second-order valence-corrected chi connectivity index (χ2v) is 8.99. The van der Waals surface area contributed by atoms with Crippen molar-refractivity contribution in [1.82, 2.24) is 4.57 Å². The Morgan fingerprint density at radius 3 is 2.13 bits per heavy atom. The fraction of sp³-hybridized carbons (Fsp3) is 0.261. The number of benzene rings is 2. The highest BCUT2D eigenvalue weighted by Gasteiger charge is 2.38. The lowest BCUT2D eigenvalue weighted by molar-refractivity contribution is -0.192. The smallest absolute Gasteiger partial charge is 0.477 e. The summed E-state index contributed by atoms with van der Waals surface area (Å²) in [4.78, 5) is 34.9. The Morgan fingerprint density at radius 1 is 1.08 bits per heavy atom. The van der Waals surface area contributed by atoms with Crippen LogP contribution in [0.25, 0.3) is 16.6 Å². The number of carboxylic acids is 2. The van der Waals surface area contributed by atoms with Gasteiger partial charge in [-0.2, -0.15) is 13.2 Å². The fourth-order valence-electron chi connectivity index (χ4n) is 3.80. The molecule has 1 aliphatic heterocycles. The molecule has 2 aromatic carbocycles. The van der Waals surface area contributed by atoms with Gasteiger partial charge in [0.2, 0.25) is 5.43 Å². The summed E-state index contributed by atoms with van der Waals surface area (Å²) in [6.45, 7) is 2.65. The molecule has 0 saturated carbocycles. The summed E-state index contributed by atoms with van der Waals surface area (Å²) in [7, 11) is 0. The molecule has 1 fully saturated rings. The Kier molecular flexibility index (Phi) is 8.07. The van der Waals surface area contributed by atoms with E-state index in [-0.39, 0.29) is 39.3 Å². The van der Waals surface area contributed by atoms with Crippen LogP contribution in [0.5, 0.6) is 0 Å². The molecular formula is C23H19ClF6N4O5. The maximum absolute atomic E-state index is 15.0. The molecule has 16 heteroatoms. The van der Waals surface area contributed by atoms with E-state index in [1.54, 1.807) is 4.90 Å². The molecular weight excluding hydrogens is 562 g/mol. The molecule has 0 aliphatic carbocycles. The third-order valence-corrected chi connectivity index (χ3v) is 6.28. The number of rotatable bonds is 4. The number of hydrogen-bond acceptors (Lipinski definition) is 6. The second-order valence-electron chi connectivity index (χ2n) is 8.62. The van der Waals surface area contributed by atoms with E-state index in [0.29, 0.717) is 19.2 Å². The summed E-state index contributed by atoms with van der Waals surface area (Å²) >= 11 is 6.52. The van der Waals surface area contributed by atoms with Gasteiger partial charge in [-0.05, 0) is 19.1 Å². The van der Waals surface area contributed by atoms with E-state index in [0.717, 1.165) is 22.9 Å². The number of fused-ring (bicyclic) bond motifs is 1. The first kappa shape index (κ1) is 29.6. The van der Waals surface area contributed by atoms with Gasteiger partial charge in [-0.25, -0.2) is 22.8 Å². The largest absolute Gasteiger partial charge is 0.490 e. The summed E-state index contributed by atoms with van der Waals surface area (Å²) in [5.74, 6) is -7.20. The van der Waals surface area contributed by atoms with Crippen molar-refractivity contribution in [3.05, 3.63) is 62.7 Å². The Balaban J connectivity index is 0.000000532. The molecule has 0 radical (unpaired) electrons. The van der Waals surface area contributed by atoms with Crippen molar-refractivity contribution >= 4 is 45.8 Å². The predicted octanol–water partition coefficient (Wildman–Crippen LogP) is 3.76. The van der Waals surface area contributed by atoms with Gasteiger partial charge in [-0.3, -0.25) is 4.79 Å². The highest BCUT2D eigenvalue weighted by Crippen LogP contribution is 2.40. The van der Waals surface area contributed by atoms with Gasteiger partial charge in [-0.1, -0.05) is 11.6 Å². The van der Waals surface area contributed by atoms with Gasteiger partial charge in [0.25, 0.3) is 0 Å². The molecule has 1 unspecified atom stereocenters. The predicted molar refractivity (Wildman–Crippen MR) is 129 cm³/mol. The summed E-state index contributed by atoms with van der Waals surface area (Å²) < 4.78 is 76.1. The van der Waals surface area contributed by atoms with E-state index in [9.17, 15) is 36.6 Å². The lowest BCUT2D eigenvalue weighted by Crippen LogP contribution is -2.54. The maximum atomic E-state index is 15.0. The number of nitrogen functional groups attached to an aromatic ring is 1. The number of halogens is 7. The summed E-state index contributed by atoms with van der Waals surface area (Å²) in [6, 6.07) is 2.21. The number of anilines is 2. The van der Waals surface area contributed by atoms with Crippen molar-refractivity contribution in [2.45, 2.75) is 19.1 Å². The van der Waals surface area contributed by atoms with Gasteiger partial charge in [-0.15, -0.1) is 0 Å². The van der Waals surface area contributed by atoms with E-state index in [1.807, 2.05) is 6.92 Å². The van der Waals surface area contributed by atoms with Crippen LogP contribution in [0.15, 0.2) is 29.2 Å². The van der Waals surface area contributed by atoms with E-state index >= 15 is 4.39 Å². The van der Waals surface area contributed by atoms with Crippen molar-refractivity contribution < 1.29 is 46.1 Å². The first-order chi connectivity index (χ1) is 17.9. The Morgan fingerprint density at radius 2 is 1.64 bits per heavy atom. The number of carboxylic acid groups (broad SMARTS) is 2. The molecule has 9 nitrogen and oxygen atoms in total.